The summed E-state index contributed by atoms with van der Waals surface area (Å²) in [6, 6.07) is 3.92. The number of unbranched alkanes of at least 4 members (excludes halogenated alkanes) is 3. The Morgan fingerprint density at radius 2 is 1.90 bits per heavy atom. The van der Waals surface area contributed by atoms with Gasteiger partial charge in [0.25, 0.3) is 0 Å². The van der Waals surface area contributed by atoms with E-state index in [-0.39, 0.29) is 35.8 Å². The molecule has 4 rings (SSSR count). The van der Waals surface area contributed by atoms with E-state index in [2.05, 4.69) is 26.8 Å². The number of aromatic hydroxyl groups is 1. The lowest BCUT2D eigenvalue weighted by Gasteiger charge is -2.47. The first kappa shape index (κ1) is 29.4. The minimum atomic E-state index is -1.22. The number of aliphatic hydroxyl groups is 1. The lowest BCUT2D eigenvalue weighted by Crippen LogP contribution is -2.46. The van der Waals surface area contributed by atoms with Crippen molar-refractivity contribution in [2.45, 2.75) is 128 Å². The van der Waals surface area contributed by atoms with Crippen molar-refractivity contribution in [1.82, 2.24) is 0 Å². The van der Waals surface area contributed by atoms with Gasteiger partial charge in [0.05, 0.1) is 6.10 Å². The molecule has 0 bridgehead atoms. The van der Waals surface area contributed by atoms with Gasteiger partial charge in [-0.1, -0.05) is 52.5 Å². The third kappa shape index (κ3) is 6.43. The van der Waals surface area contributed by atoms with E-state index in [1.807, 2.05) is 26.0 Å². The van der Waals surface area contributed by atoms with Crippen LogP contribution in [0.2, 0.25) is 0 Å². The van der Waals surface area contributed by atoms with Crippen LogP contribution in [0.3, 0.4) is 0 Å². The molecule has 5 atom stereocenters. The largest absolute Gasteiger partial charge is 0.508 e. The summed E-state index contributed by atoms with van der Waals surface area (Å²) in [6.07, 6.45) is 5.21. The van der Waals surface area contributed by atoms with Crippen LogP contribution in [0.25, 0.3) is 0 Å². The Morgan fingerprint density at radius 1 is 1.15 bits per heavy atom. The third-order valence-corrected chi connectivity index (χ3v) is 8.78. The lowest BCUT2D eigenvalue weighted by molar-refractivity contribution is -0.219. The normalized spacial score (nSPS) is 27.9. The predicted octanol–water partition coefficient (Wildman–Crippen LogP) is 5.73. The highest BCUT2D eigenvalue weighted by Crippen LogP contribution is 2.55. The lowest BCUT2D eigenvalue weighted by atomic mass is 9.66. The fourth-order valence-electron chi connectivity index (χ4n) is 6.38. The molecule has 8 heteroatoms. The maximum absolute atomic E-state index is 13.1. The molecule has 2 heterocycles. The molecule has 0 radical (unpaired) electrons. The van der Waals surface area contributed by atoms with E-state index in [0.29, 0.717) is 24.2 Å². The molecule has 3 aliphatic rings. The molecule has 1 aliphatic carbocycles. The van der Waals surface area contributed by atoms with E-state index in [9.17, 15) is 24.9 Å². The van der Waals surface area contributed by atoms with Gasteiger partial charge < -0.3 is 29.5 Å². The van der Waals surface area contributed by atoms with E-state index >= 15 is 0 Å². The highest BCUT2D eigenvalue weighted by atomic mass is 16.7. The SMILES string of the molecule is CCCCCCC(C)(C)c1cc(O)c2c(c1)OC(C)(C)C1CC=C(C(=O)OC3CC(O)CC(C(=O)O)O3)CC21. The van der Waals surface area contributed by atoms with Crippen LogP contribution in [0.5, 0.6) is 11.5 Å². The summed E-state index contributed by atoms with van der Waals surface area (Å²) >= 11 is 0. The minimum absolute atomic E-state index is 0.0242. The number of fused-ring (bicyclic) bond motifs is 3. The number of ether oxygens (including phenoxy) is 3. The van der Waals surface area contributed by atoms with Gasteiger partial charge in [-0.05, 0) is 56.2 Å². The van der Waals surface area contributed by atoms with Gasteiger partial charge in [0.15, 0.2) is 6.10 Å². The summed E-state index contributed by atoms with van der Waals surface area (Å²) in [5, 5.41) is 30.6. The number of carboxylic acid groups (broad SMARTS) is 1. The molecular weight excluding hydrogens is 500 g/mol. The molecule has 3 N–H and O–H groups in total. The van der Waals surface area contributed by atoms with Crippen molar-refractivity contribution in [3.05, 3.63) is 34.9 Å². The Kier molecular flexibility index (Phi) is 8.67. The van der Waals surface area contributed by atoms with Crippen LogP contribution < -0.4 is 4.74 Å². The average molecular weight is 545 g/mol. The fourth-order valence-corrected chi connectivity index (χ4v) is 6.38. The Labute approximate surface area is 231 Å². The molecule has 39 heavy (non-hydrogen) atoms. The van der Waals surface area contributed by atoms with E-state index in [1.165, 1.54) is 19.3 Å². The summed E-state index contributed by atoms with van der Waals surface area (Å²) in [6.45, 7) is 10.7. The number of phenolic OH excluding ortho intramolecular Hbond substituents is 1. The fraction of sp³-hybridized carbons (Fsp3) is 0.677. The van der Waals surface area contributed by atoms with Crippen LogP contribution in [0.15, 0.2) is 23.8 Å². The number of aliphatic hydroxyl groups excluding tert-OH is 1. The molecule has 1 aromatic rings. The topological polar surface area (TPSA) is 123 Å². The van der Waals surface area contributed by atoms with Crippen molar-refractivity contribution in [2.75, 3.05) is 0 Å². The molecule has 8 nitrogen and oxygen atoms in total. The van der Waals surface area contributed by atoms with Gasteiger partial charge >= 0.3 is 11.9 Å². The van der Waals surface area contributed by atoms with E-state index in [0.717, 1.165) is 24.0 Å². The summed E-state index contributed by atoms with van der Waals surface area (Å²) in [5.41, 5.74) is 1.58. The number of phenols is 1. The molecule has 1 saturated heterocycles. The first-order valence-electron chi connectivity index (χ1n) is 14.3. The van der Waals surface area contributed by atoms with E-state index < -0.39 is 36.0 Å². The number of carboxylic acids is 1. The Bertz CT molecular complexity index is 1100. The molecule has 5 unspecified atom stereocenters. The molecule has 0 amide bonds. The maximum atomic E-state index is 13.1. The van der Waals surface area contributed by atoms with Crippen molar-refractivity contribution < 1.29 is 39.1 Å². The average Bonchev–Trinajstić information content (AvgIpc) is 2.85. The van der Waals surface area contributed by atoms with Crippen LogP contribution in [-0.4, -0.2) is 51.4 Å². The molecule has 2 aliphatic heterocycles. The van der Waals surface area contributed by atoms with Gasteiger partial charge in [-0.2, -0.15) is 0 Å². The molecule has 0 spiro atoms. The van der Waals surface area contributed by atoms with Gasteiger partial charge in [0, 0.05) is 35.8 Å². The zero-order chi connectivity index (χ0) is 28.5. The quantitative estimate of drug-likeness (QED) is 0.266. The molecule has 1 fully saturated rings. The van der Waals surface area contributed by atoms with Gasteiger partial charge in [-0.15, -0.1) is 0 Å². The maximum Gasteiger partial charge on any atom is 0.336 e. The van der Waals surface area contributed by atoms with E-state index in [1.54, 1.807) is 0 Å². The Hall–Kier alpha value is -2.58. The number of hydrogen-bond acceptors (Lipinski definition) is 7. The Balaban J connectivity index is 1.54. The highest BCUT2D eigenvalue weighted by Gasteiger charge is 2.47. The first-order chi connectivity index (χ1) is 18.3. The first-order valence-corrected chi connectivity index (χ1v) is 14.3. The number of hydrogen-bond donors (Lipinski definition) is 3. The number of allylic oxidation sites excluding steroid dienone is 1. The van der Waals surface area contributed by atoms with Crippen LogP contribution in [0.4, 0.5) is 0 Å². The number of esters is 1. The summed E-state index contributed by atoms with van der Waals surface area (Å²) in [7, 11) is 0. The van der Waals surface area contributed by atoms with Crippen molar-refractivity contribution in [1.29, 1.82) is 0 Å². The van der Waals surface area contributed by atoms with E-state index in [4.69, 9.17) is 14.2 Å². The van der Waals surface area contributed by atoms with Crippen LogP contribution in [-0.2, 0) is 24.5 Å². The number of carbonyl (C=O) groups excluding carboxylic acids is 1. The van der Waals surface area contributed by atoms with Crippen LogP contribution in [0.1, 0.15) is 109 Å². The smallest absolute Gasteiger partial charge is 0.336 e. The summed E-state index contributed by atoms with van der Waals surface area (Å²) in [4.78, 5) is 24.5. The Morgan fingerprint density at radius 3 is 2.59 bits per heavy atom. The van der Waals surface area contributed by atoms with Gasteiger partial charge in [-0.25, -0.2) is 9.59 Å². The van der Waals surface area contributed by atoms with Crippen molar-refractivity contribution in [3.63, 3.8) is 0 Å². The monoisotopic (exact) mass is 544 g/mol. The highest BCUT2D eigenvalue weighted by molar-refractivity contribution is 5.89. The number of rotatable bonds is 9. The molecule has 0 saturated carbocycles. The second-order valence-corrected chi connectivity index (χ2v) is 12.6. The zero-order valence-electron chi connectivity index (χ0n) is 23.9. The standard InChI is InChI=1S/C31H44O8/c1-6-7-8-9-12-30(2,3)19-14-23(33)27-21-13-18(10-11-22(21)31(4,5)39-24(27)15-19)29(36)38-26-17-20(32)16-25(37-26)28(34)35/h10,14-15,20-22,25-26,32-33H,6-9,11-13,16-17H2,1-5H3,(H,34,35). The van der Waals surface area contributed by atoms with Gasteiger partial charge in [0.1, 0.15) is 17.1 Å². The van der Waals surface area contributed by atoms with Crippen LogP contribution >= 0.6 is 0 Å². The molecule has 216 valence electrons. The van der Waals surface area contributed by atoms with Gasteiger partial charge in [-0.3, -0.25) is 0 Å². The van der Waals surface area contributed by atoms with Crippen molar-refractivity contribution >= 4 is 11.9 Å². The number of aliphatic carboxylic acids is 1. The number of benzene rings is 1. The molecule has 0 aromatic heterocycles. The van der Waals surface area contributed by atoms with Crippen molar-refractivity contribution in [3.8, 4) is 11.5 Å². The summed E-state index contributed by atoms with van der Waals surface area (Å²) < 4.78 is 17.4. The second kappa shape index (κ2) is 11.5. The van der Waals surface area contributed by atoms with Gasteiger partial charge in [0.2, 0.25) is 6.29 Å². The minimum Gasteiger partial charge on any atom is -0.508 e. The zero-order valence-corrected chi connectivity index (χ0v) is 23.9. The third-order valence-electron chi connectivity index (χ3n) is 8.78. The summed E-state index contributed by atoms with van der Waals surface area (Å²) in [5.74, 6) is -1.05. The second-order valence-electron chi connectivity index (χ2n) is 12.6. The van der Waals surface area contributed by atoms with Crippen molar-refractivity contribution in [2.24, 2.45) is 5.92 Å². The molecule has 1 aromatic carbocycles. The molecular formula is C31H44O8. The number of carbonyl (C=O) groups is 2. The predicted molar refractivity (Wildman–Crippen MR) is 146 cm³/mol. The van der Waals surface area contributed by atoms with Crippen LogP contribution in [0, 0.1) is 5.92 Å².